The van der Waals surface area contributed by atoms with Gasteiger partial charge in [-0.3, -0.25) is 9.69 Å². The van der Waals surface area contributed by atoms with Crippen LogP contribution < -0.4 is 5.32 Å². The molecule has 1 saturated heterocycles. The van der Waals surface area contributed by atoms with Gasteiger partial charge in [-0.25, -0.2) is 4.98 Å². The SMILES string of the molecule is CCC[C@]1(CO)CCN(CC(=O)Nc2ccc(Cl)cn2)C[C@H]1O. The van der Waals surface area contributed by atoms with Crippen molar-refractivity contribution in [2.45, 2.75) is 32.3 Å². The minimum absolute atomic E-state index is 0.0171. The predicted octanol–water partition coefficient (Wildman–Crippen LogP) is 1.52. The molecule has 1 aliphatic rings. The summed E-state index contributed by atoms with van der Waals surface area (Å²) >= 11 is 5.75. The zero-order chi connectivity index (χ0) is 16.9. The molecule has 1 aromatic rings. The van der Waals surface area contributed by atoms with E-state index >= 15 is 0 Å². The van der Waals surface area contributed by atoms with E-state index in [4.69, 9.17) is 11.6 Å². The van der Waals surface area contributed by atoms with E-state index in [1.165, 1.54) is 6.20 Å². The highest BCUT2D eigenvalue weighted by molar-refractivity contribution is 6.30. The van der Waals surface area contributed by atoms with Crippen molar-refractivity contribution < 1.29 is 15.0 Å². The number of piperidine rings is 1. The standard InChI is InChI=1S/C16H24ClN3O3/c1-2-5-16(11-21)6-7-20(9-13(16)22)10-15(23)19-14-4-3-12(17)8-18-14/h3-4,8,13,21-22H,2,5-7,9-11H2,1H3,(H,18,19,23)/t13-,16-/m1/s1. The van der Waals surface area contributed by atoms with Crippen molar-refractivity contribution in [3.05, 3.63) is 23.4 Å². The summed E-state index contributed by atoms with van der Waals surface area (Å²) in [6, 6.07) is 3.30. The van der Waals surface area contributed by atoms with Gasteiger partial charge in [0.25, 0.3) is 0 Å². The number of nitrogens with zero attached hydrogens (tertiary/aromatic N) is 2. The molecule has 23 heavy (non-hydrogen) atoms. The largest absolute Gasteiger partial charge is 0.396 e. The minimum atomic E-state index is -0.623. The van der Waals surface area contributed by atoms with Crippen LogP contribution in [0.2, 0.25) is 5.02 Å². The van der Waals surface area contributed by atoms with Crippen molar-refractivity contribution in [2.24, 2.45) is 5.41 Å². The van der Waals surface area contributed by atoms with Gasteiger partial charge >= 0.3 is 0 Å². The molecule has 7 heteroatoms. The van der Waals surface area contributed by atoms with E-state index in [0.717, 1.165) is 12.8 Å². The molecular weight excluding hydrogens is 318 g/mol. The third-order valence-electron chi connectivity index (χ3n) is 4.49. The number of amides is 1. The summed E-state index contributed by atoms with van der Waals surface area (Å²) in [7, 11) is 0. The summed E-state index contributed by atoms with van der Waals surface area (Å²) in [5.74, 6) is 0.270. The van der Waals surface area contributed by atoms with Crippen LogP contribution in [0.5, 0.6) is 0 Å². The zero-order valence-electron chi connectivity index (χ0n) is 13.3. The number of carbonyl (C=O) groups excluding carboxylic acids is 1. The molecule has 3 N–H and O–H groups in total. The maximum absolute atomic E-state index is 12.1. The monoisotopic (exact) mass is 341 g/mol. The van der Waals surface area contributed by atoms with Crippen molar-refractivity contribution in [3.63, 3.8) is 0 Å². The average molecular weight is 342 g/mol. The predicted molar refractivity (Wildman–Crippen MR) is 89.4 cm³/mol. The fourth-order valence-corrected chi connectivity index (χ4v) is 3.22. The number of anilines is 1. The number of aliphatic hydroxyl groups is 2. The Bertz CT molecular complexity index is 526. The highest BCUT2D eigenvalue weighted by Crippen LogP contribution is 2.35. The number of halogens is 1. The highest BCUT2D eigenvalue weighted by Gasteiger charge is 2.41. The molecule has 0 saturated carbocycles. The second kappa shape index (κ2) is 8.06. The van der Waals surface area contributed by atoms with Crippen LogP contribution in [0.15, 0.2) is 18.3 Å². The van der Waals surface area contributed by atoms with Gasteiger partial charge in [-0.1, -0.05) is 24.9 Å². The normalized spacial score (nSPS) is 25.3. The lowest BCUT2D eigenvalue weighted by Crippen LogP contribution is -2.54. The Morgan fingerprint density at radius 3 is 2.91 bits per heavy atom. The molecule has 0 bridgehead atoms. The first-order valence-corrected chi connectivity index (χ1v) is 8.29. The van der Waals surface area contributed by atoms with Gasteiger partial charge in [0.05, 0.1) is 24.3 Å². The van der Waals surface area contributed by atoms with Crippen LogP contribution in [0, 0.1) is 5.41 Å². The van der Waals surface area contributed by atoms with E-state index in [-0.39, 0.29) is 19.1 Å². The summed E-state index contributed by atoms with van der Waals surface area (Å²) in [5.41, 5.74) is -0.431. The molecule has 1 fully saturated rings. The van der Waals surface area contributed by atoms with Crippen LogP contribution in [0.1, 0.15) is 26.2 Å². The maximum atomic E-state index is 12.1. The van der Waals surface area contributed by atoms with E-state index in [9.17, 15) is 15.0 Å². The molecule has 1 amide bonds. The number of likely N-dealkylation sites (tertiary alicyclic amines) is 1. The minimum Gasteiger partial charge on any atom is -0.396 e. The van der Waals surface area contributed by atoms with Gasteiger partial charge in [0, 0.05) is 18.2 Å². The second-order valence-electron chi connectivity index (χ2n) is 6.18. The number of rotatable bonds is 6. The van der Waals surface area contributed by atoms with Crippen molar-refractivity contribution in [1.29, 1.82) is 0 Å². The van der Waals surface area contributed by atoms with Gasteiger partial charge < -0.3 is 15.5 Å². The van der Waals surface area contributed by atoms with Gasteiger partial charge in [0.1, 0.15) is 5.82 Å². The second-order valence-corrected chi connectivity index (χ2v) is 6.62. The number of hydrogen-bond donors (Lipinski definition) is 3. The van der Waals surface area contributed by atoms with Crippen molar-refractivity contribution in [2.75, 3.05) is 31.6 Å². The topological polar surface area (TPSA) is 85.7 Å². The van der Waals surface area contributed by atoms with E-state index in [1.54, 1.807) is 12.1 Å². The number of β-amino-alcohol motifs (C(OH)–C–C–N with tert-alkyl or cyclic N) is 1. The molecule has 1 aromatic heterocycles. The third kappa shape index (κ3) is 4.64. The summed E-state index contributed by atoms with van der Waals surface area (Å²) in [6.07, 6.45) is 3.25. The molecule has 0 radical (unpaired) electrons. The molecule has 2 rings (SSSR count). The van der Waals surface area contributed by atoms with Crippen LogP contribution in [0.4, 0.5) is 5.82 Å². The molecule has 1 aliphatic heterocycles. The molecule has 128 valence electrons. The maximum Gasteiger partial charge on any atom is 0.239 e. The van der Waals surface area contributed by atoms with E-state index in [1.807, 2.05) is 11.8 Å². The number of nitrogens with one attached hydrogen (secondary N) is 1. The molecular formula is C16H24ClN3O3. The lowest BCUT2D eigenvalue weighted by Gasteiger charge is -2.44. The third-order valence-corrected chi connectivity index (χ3v) is 4.71. The van der Waals surface area contributed by atoms with Crippen LogP contribution >= 0.6 is 11.6 Å². The molecule has 2 atom stereocenters. The van der Waals surface area contributed by atoms with E-state index in [0.29, 0.717) is 30.4 Å². The van der Waals surface area contributed by atoms with E-state index in [2.05, 4.69) is 10.3 Å². The number of aromatic nitrogens is 1. The van der Waals surface area contributed by atoms with Gasteiger partial charge in [-0.2, -0.15) is 0 Å². The van der Waals surface area contributed by atoms with E-state index < -0.39 is 11.5 Å². The number of carbonyl (C=O) groups is 1. The van der Waals surface area contributed by atoms with Gasteiger partial charge in [-0.15, -0.1) is 0 Å². The molecule has 0 aliphatic carbocycles. The first kappa shape index (κ1) is 18.1. The molecule has 0 unspecified atom stereocenters. The lowest BCUT2D eigenvalue weighted by molar-refractivity contribution is -0.121. The smallest absolute Gasteiger partial charge is 0.239 e. The fraction of sp³-hybridized carbons (Fsp3) is 0.625. The van der Waals surface area contributed by atoms with Crippen LogP contribution in [-0.2, 0) is 4.79 Å². The molecule has 2 heterocycles. The Hall–Kier alpha value is -1.21. The molecule has 6 nitrogen and oxygen atoms in total. The summed E-state index contributed by atoms with van der Waals surface area (Å²) in [6.45, 7) is 3.29. The number of aliphatic hydroxyl groups excluding tert-OH is 2. The Balaban J connectivity index is 1.87. The lowest BCUT2D eigenvalue weighted by atomic mass is 9.73. The van der Waals surface area contributed by atoms with Crippen molar-refractivity contribution in [3.8, 4) is 0 Å². The molecule has 0 aromatic carbocycles. The number of hydrogen-bond acceptors (Lipinski definition) is 5. The summed E-state index contributed by atoms with van der Waals surface area (Å²) in [5, 5.41) is 23.3. The zero-order valence-corrected chi connectivity index (χ0v) is 14.1. The van der Waals surface area contributed by atoms with Crippen LogP contribution in [0.3, 0.4) is 0 Å². The quantitative estimate of drug-likeness (QED) is 0.730. The first-order valence-electron chi connectivity index (χ1n) is 7.92. The van der Waals surface area contributed by atoms with Crippen molar-refractivity contribution in [1.82, 2.24) is 9.88 Å². The van der Waals surface area contributed by atoms with Crippen LogP contribution in [-0.4, -0.2) is 58.3 Å². The van der Waals surface area contributed by atoms with Crippen molar-refractivity contribution >= 4 is 23.3 Å². The first-order chi connectivity index (χ1) is 11.0. The van der Waals surface area contributed by atoms with Crippen LogP contribution in [0.25, 0.3) is 0 Å². The molecule has 0 spiro atoms. The highest BCUT2D eigenvalue weighted by atomic mass is 35.5. The Morgan fingerprint density at radius 1 is 1.57 bits per heavy atom. The Labute approximate surface area is 141 Å². The number of pyridine rings is 1. The fourth-order valence-electron chi connectivity index (χ4n) is 3.11. The Morgan fingerprint density at radius 2 is 2.35 bits per heavy atom. The average Bonchev–Trinajstić information content (AvgIpc) is 2.52. The summed E-state index contributed by atoms with van der Waals surface area (Å²) in [4.78, 5) is 18.0. The summed E-state index contributed by atoms with van der Waals surface area (Å²) < 4.78 is 0. The van der Waals surface area contributed by atoms with Gasteiger partial charge in [0.15, 0.2) is 0 Å². The van der Waals surface area contributed by atoms with Gasteiger partial charge in [0.2, 0.25) is 5.91 Å². The Kier molecular flexibility index (Phi) is 6.35. The van der Waals surface area contributed by atoms with Gasteiger partial charge in [-0.05, 0) is 31.5 Å².